The van der Waals surface area contributed by atoms with E-state index >= 15 is 0 Å². The minimum Gasteiger partial charge on any atom is -0.351 e. The molecule has 0 aromatic heterocycles. The first-order valence-electron chi connectivity index (χ1n) is 7.06. The number of hydrogen-bond acceptors (Lipinski definition) is 2. The molecule has 0 radical (unpaired) electrons. The number of halogens is 2. The van der Waals surface area contributed by atoms with Crippen LogP contribution in [0.15, 0.2) is 42.5 Å². The molecule has 116 valence electrons. The van der Waals surface area contributed by atoms with Crippen molar-refractivity contribution in [3.05, 3.63) is 54.1 Å². The lowest BCUT2D eigenvalue weighted by atomic mass is 10.1. The van der Waals surface area contributed by atoms with Crippen molar-refractivity contribution >= 4 is 23.0 Å². The Bertz CT molecular complexity index is 634. The van der Waals surface area contributed by atoms with Gasteiger partial charge in [-0.1, -0.05) is 19.9 Å². The van der Waals surface area contributed by atoms with Crippen LogP contribution in [0.2, 0.25) is 0 Å². The monoisotopic (exact) mass is 304 g/mol. The van der Waals surface area contributed by atoms with Gasteiger partial charge < -0.3 is 10.6 Å². The highest BCUT2D eigenvalue weighted by Crippen LogP contribution is 2.24. The zero-order chi connectivity index (χ0) is 16.1. The average Bonchev–Trinajstić information content (AvgIpc) is 2.44. The standard InChI is InChI=1S/C17H18F2N2O/c1-11(2)10-16(22)20-12-6-8-13(9-7-12)21-17-14(18)4-3-5-15(17)19/h3-9,11,21H,10H2,1-2H3,(H,20,22). The molecule has 2 aromatic carbocycles. The number of benzene rings is 2. The van der Waals surface area contributed by atoms with Crippen molar-refractivity contribution in [3.8, 4) is 0 Å². The second-order valence-electron chi connectivity index (χ2n) is 5.45. The fourth-order valence-electron chi connectivity index (χ4n) is 1.98. The Hall–Kier alpha value is -2.43. The summed E-state index contributed by atoms with van der Waals surface area (Å²) in [5.41, 5.74) is 0.982. The summed E-state index contributed by atoms with van der Waals surface area (Å²) < 4.78 is 27.1. The van der Waals surface area contributed by atoms with Gasteiger partial charge in [-0.3, -0.25) is 4.79 Å². The largest absolute Gasteiger partial charge is 0.351 e. The molecule has 0 atom stereocenters. The number of nitrogens with one attached hydrogen (secondary N) is 2. The maximum absolute atomic E-state index is 13.5. The summed E-state index contributed by atoms with van der Waals surface area (Å²) >= 11 is 0. The third-order valence-corrected chi connectivity index (χ3v) is 2.99. The summed E-state index contributed by atoms with van der Waals surface area (Å²) in [5.74, 6) is -1.09. The van der Waals surface area contributed by atoms with Crippen LogP contribution in [0.4, 0.5) is 25.8 Å². The van der Waals surface area contributed by atoms with Crippen molar-refractivity contribution in [1.82, 2.24) is 0 Å². The first kappa shape index (κ1) is 15.9. The molecule has 0 spiro atoms. The number of para-hydroxylation sites is 1. The van der Waals surface area contributed by atoms with E-state index in [4.69, 9.17) is 0 Å². The fraction of sp³-hybridized carbons (Fsp3) is 0.235. The van der Waals surface area contributed by atoms with Gasteiger partial charge in [0, 0.05) is 17.8 Å². The van der Waals surface area contributed by atoms with Crippen LogP contribution in [0.3, 0.4) is 0 Å². The predicted molar refractivity (Wildman–Crippen MR) is 84.2 cm³/mol. The average molecular weight is 304 g/mol. The first-order chi connectivity index (χ1) is 10.5. The molecule has 3 nitrogen and oxygen atoms in total. The summed E-state index contributed by atoms with van der Waals surface area (Å²) in [5, 5.41) is 5.46. The van der Waals surface area contributed by atoms with Gasteiger partial charge in [0.2, 0.25) is 5.91 Å². The first-order valence-corrected chi connectivity index (χ1v) is 7.06. The van der Waals surface area contributed by atoms with Crippen LogP contribution in [0.1, 0.15) is 20.3 Å². The van der Waals surface area contributed by atoms with E-state index in [1.807, 2.05) is 13.8 Å². The number of carbonyl (C=O) groups excluding carboxylic acids is 1. The number of hydrogen-bond donors (Lipinski definition) is 2. The summed E-state index contributed by atoms with van der Waals surface area (Å²) in [4.78, 5) is 11.7. The van der Waals surface area contributed by atoms with E-state index in [2.05, 4.69) is 10.6 Å². The van der Waals surface area contributed by atoms with Crippen LogP contribution in [0, 0.1) is 17.6 Å². The number of rotatable bonds is 5. The quantitative estimate of drug-likeness (QED) is 0.841. The van der Waals surface area contributed by atoms with Crippen LogP contribution in [0.25, 0.3) is 0 Å². The topological polar surface area (TPSA) is 41.1 Å². The van der Waals surface area contributed by atoms with Crippen LogP contribution >= 0.6 is 0 Å². The number of carbonyl (C=O) groups is 1. The molecule has 2 N–H and O–H groups in total. The third-order valence-electron chi connectivity index (χ3n) is 2.99. The van der Waals surface area contributed by atoms with Gasteiger partial charge in [0.15, 0.2) is 0 Å². The molecule has 1 amide bonds. The molecule has 0 unspecified atom stereocenters. The molecule has 0 saturated carbocycles. The Balaban J connectivity index is 2.05. The molecule has 0 fully saturated rings. The van der Waals surface area contributed by atoms with Gasteiger partial charge >= 0.3 is 0 Å². The molecule has 0 bridgehead atoms. The molecule has 0 aliphatic heterocycles. The van der Waals surface area contributed by atoms with E-state index in [1.165, 1.54) is 18.2 Å². The Morgan fingerprint density at radius 3 is 2.09 bits per heavy atom. The Labute approximate surface area is 128 Å². The molecule has 0 heterocycles. The molecule has 2 rings (SSSR count). The second-order valence-corrected chi connectivity index (χ2v) is 5.45. The third kappa shape index (κ3) is 4.28. The summed E-state index contributed by atoms with van der Waals surface area (Å²) in [6.07, 6.45) is 0.445. The Kier molecular flexibility index (Phi) is 5.09. The van der Waals surface area contributed by atoms with Crippen LogP contribution in [-0.2, 0) is 4.79 Å². The van der Waals surface area contributed by atoms with Gasteiger partial charge in [-0.15, -0.1) is 0 Å². The van der Waals surface area contributed by atoms with Gasteiger partial charge in [-0.2, -0.15) is 0 Å². The highest BCUT2D eigenvalue weighted by atomic mass is 19.1. The van der Waals surface area contributed by atoms with E-state index in [0.29, 0.717) is 17.8 Å². The van der Waals surface area contributed by atoms with Crippen LogP contribution < -0.4 is 10.6 Å². The minimum atomic E-state index is -0.658. The summed E-state index contributed by atoms with van der Waals surface area (Å²) in [6, 6.07) is 10.3. The maximum Gasteiger partial charge on any atom is 0.224 e. The van der Waals surface area contributed by atoms with Crippen molar-refractivity contribution in [2.24, 2.45) is 5.92 Å². The number of amides is 1. The molecular weight excluding hydrogens is 286 g/mol. The molecule has 22 heavy (non-hydrogen) atoms. The van der Waals surface area contributed by atoms with Gasteiger partial charge in [-0.05, 0) is 42.3 Å². The number of anilines is 3. The lowest BCUT2D eigenvalue weighted by Gasteiger charge is -2.10. The van der Waals surface area contributed by atoms with Gasteiger partial charge in [-0.25, -0.2) is 8.78 Å². The van der Waals surface area contributed by atoms with E-state index < -0.39 is 11.6 Å². The zero-order valence-corrected chi connectivity index (χ0v) is 12.5. The Morgan fingerprint density at radius 2 is 1.55 bits per heavy atom. The maximum atomic E-state index is 13.5. The molecule has 0 aliphatic rings. The van der Waals surface area contributed by atoms with Crippen molar-refractivity contribution in [1.29, 1.82) is 0 Å². The van der Waals surface area contributed by atoms with Gasteiger partial charge in [0.1, 0.15) is 17.3 Å². The SMILES string of the molecule is CC(C)CC(=O)Nc1ccc(Nc2c(F)cccc2F)cc1. The van der Waals surface area contributed by atoms with E-state index in [9.17, 15) is 13.6 Å². The van der Waals surface area contributed by atoms with Crippen LogP contribution in [0.5, 0.6) is 0 Å². The normalized spacial score (nSPS) is 10.6. The minimum absolute atomic E-state index is 0.0594. The van der Waals surface area contributed by atoms with Crippen molar-refractivity contribution < 1.29 is 13.6 Å². The van der Waals surface area contributed by atoms with E-state index in [1.54, 1.807) is 24.3 Å². The highest BCUT2D eigenvalue weighted by molar-refractivity contribution is 5.91. The smallest absolute Gasteiger partial charge is 0.224 e. The summed E-state index contributed by atoms with van der Waals surface area (Å²) in [7, 11) is 0. The van der Waals surface area contributed by atoms with Crippen molar-refractivity contribution in [3.63, 3.8) is 0 Å². The predicted octanol–water partition coefficient (Wildman–Crippen LogP) is 4.69. The zero-order valence-electron chi connectivity index (χ0n) is 12.5. The lowest BCUT2D eigenvalue weighted by Crippen LogP contribution is -2.13. The molecular formula is C17H18F2N2O. The van der Waals surface area contributed by atoms with Crippen molar-refractivity contribution in [2.45, 2.75) is 20.3 Å². The van der Waals surface area contributed by atoms with Gasteiger partial charge in [0.05, 0.1) is 0 Å². The van der Waals surface area contributed by atoms with Crippen molar-refractivity contribution in [2.75, 3.05) is 10.6 Å². The highest BCUT2D eigenvalue weighted by Gasteiger charge is 2.09. The second kappa shape index (κ2) is 7.02. The van der Waals surface area contributed by atoms with E-state index in [0.717, 1.165) is 0 Å². The van der Waals surface area contributed by atoms with Gasteiger partial charge in [0.25, 0.3) is 0 Å². The molecule has 5 heteroatoms. The molecule has 2 aromatic rings. The lowest BCUT2D eigenvalue weighted by molar-refractivity contribution is -0.116. The van der Waals surface area contributed by atoms with E-state index in [-0.39, 0.29) is 17.5 Å². The molecule has 0 saturated heterocycles. The Morgan fingerprint density at radius 1 is 1.00 bits per heavy atom. The molecule has 0 aliphatic carbocycles. The summed E-state index contributed by atoms with van der Waals surface area (Å²) in [6.45, 7) is 3.94. The van der Waals surface area contributed by atoms with Crippen LogP contribution in [-0.4, -0.2) is 5.91 Å². The fourth-order valence-corrected chi connectivity index (χ4v) is 1.98.